The standard InChI is InChI=1S/C11H12Cl2N2O4S/c12-7-3-8(13)5-9(4-7)20(18,19)15-10(6-1-2-6)11(16)14-17/h3-6,10,15,17H,1-2H2,(H,14,16). The minimum Gasteiger partial charge on any atom is -0.289 e. The van der Waals surface area contributed by atoms with Crippen molar-refractivity contribution in [3.05, 3.63) is 28.2 Å². The van der Waals surface area contributed by atoms with Gasteiger partial charge in [0.15, 0.2) is 0 Å². The number of benzene rings is 1. The van der Waals surface area contributed by atoms with Crippen LogP contribution < -0.4 is 10.2 Å². The lowest BCUT2D eigenvalue weighted by Gasteiger charge is -2.16. The van der Waals surface area contributed by atoms with Crippen molar-refractivity contribution in [1.82, 2.24) is 10.2 Å². The molecule has 1 aliphatic carbocycles. The summed E-state index contributed by atoms with van der Waals surface area (Å²) < 4.78 is 26.7. The van der Waals surface area contributed by atoms with E-state index in [1.165, 1.54) is 23.7 Å². The van der Waals surface area contributed by atoms with Crippen molar-refractivity contribution in [3.8, 4) is 0 Å². The molecule has 110 valence electrons. The number of nitrogens with one attached hydrogen (secondary N) is 2. The van der Waals surface area contributed by atoms with E-state index in [-0.39, 0.29) is 20.9 Å². The SMILES string of the molecule is O=C(NO)C(NS(=O)(=O)c1cc(Cl)cc(Cl)c1)C1CC1. The molecule has 1 saturated carbocycles. The van der Waals surface area contributed by atoms with E-state index in [0.29, 0.717) is 0 Å². The van der Waals surface area contributed by atoms with E-state index < -0.39 is 22.0 Å². The Kier molecular flexibility index (Phi) is 4.55. The second-order valence-electron chi connectivity index (χ2n) is 4.52. The average Bonchev–Trinajstić information content (AvgIpc) is 3.18. The van der Waals surface area contributed by atoms with Crippen LogP contribution in [0.4, 0.5) is 0 Å². The molecule has 0 heterocycles. The molecule has 0 spiro atoms. The lowest BCUT2D eigenvalue weighted by atomic mass is 10.2. The molecule has 0 saturated heterocycles. The minimum atomic E-state index is -3.96. The van der Waals surface area contributed by atoms with Crippen molar-refractivity contribution in [2.75, 3.05) is 0 Å². The number of hydrogen-bond acceptors (Lipinski definition) is 4. The second-order valence-corrected chi connectivity index (χ2v) is 7.10. The van der Waals surface area contributed by atoms with Gasteiger partial charge in [0, 0.05) is 10.0 Å². The molecule has 1 aromatic rings. The zero-order chi connectivity index (χ0) is 14.9. The summed E-state index contributed by atoms with van der Waals surface area (Å²) in [4.78, 5) is 11.4. The first kappa shape index (κ1) is 15.5. The zero-order valence-electron chi connectivity index (χ0n) is 10.1. The van der Waals surface area contributed by atoms with Gasteiger partial charge >= 0.3 is 0 Å². The maximum Gasteiger partial charge on any atom is 0.261 e. The van der Waals surface area contributed by atoms with Gasteiger partial charge in [0.1, 0.15) is 6.04 Å². The van der Waals surface area contributed by atoms with Gasteiger partial charge < -0.3 is 0 Å². The van der Waals surface area contributed by atoms with Gasteiger partial charge in [-0.1, -0.05) is 23.2 Å². The third-order valence-corrected chi connectivity index (χ3v) is 4.77. The summed E-state index contributed by atoms with van der Waals surface area (Å²) in [5.41, 5.74) is 1.47. The summed E-state index contributed by atoms with van der Waals surface area (Å²) in [7, 11) is -3.96. The Morgan fingerprint density at radius 2 is 1.80 bits per heavy atom. The normalized spacial score (nSPS) is 16.8. The molecule has 1 unspecified atom stereocenters. The number of carbonyl (C=O) groups excluding carboxylic acids is 1. The van der Waals surface area contributed by atoms with Crippen molar-refractivity contribution in [2.45, 2.75) is 23.8 Å². The van der Waals surface area contributed by atoms with E-state index in [2.05, 4.69) is 4.72 Å². The van der Waals surface area contributed by atoms with Crippen molar-refractivity contribution in [1.29, 1.82) is 0 Å². The molecule has 0 aliphatic heterocycles. The summed E-state index contributed by atoms with van der Waals surface area (Å²) in [5, 5.41) is 9.01. The Bertz CT molecular complexity index is 611. The summed E-state index contributed by atoms with van der Waals surface area (Å²) in [5.74, 6) is -0.907. The van der Waals surface area contributed by atoms with E-state index in [4.69, 9.17) is 28.4 Å². The monoisotopic (exact) mass is 338 g/mol. The van der Waals surface area contributed by atoms with E-state index in [1.807, 2.05) is 0 Å². The Balaban J connectivity index is 2.27. The fourth-order valence-corrected chi connectivity index (χ4v) is 3.77. The largest absolute Gasteiger partial charge is 0.289 e. The Morgan fingerprint density at radius 3 is 2.25 bits per heavy atom. The van der Waals surface area contributed by atoms with Gasteiger partial charge in [0.2, 0.25) is 10.0 Å². The second kappa shape index (κ2) is 5.87. The highest BCUT2D eigenvalue weighted by Crippen LogP contribution is 2.33. The summed E-state index contributed by atoms with van der Waals surface area (Å²) in [6.45, 7) is 0. The van der Waals surface area contributed by atoms with Gasteiger partial charge in [-0.3, -0.25) is 10.0 Å². The van der Waals surface area contributed by atoms with Crippen molar-refractivity contribution in [2.24, 2.45) is 5.92 Å². The van der Waals surface area contributed by atoms with Crippen LogP contribution in [0.25, 0.3) is 0 Å². The van der Waals surface area contributed by atoms with E-state index in [0.717, 1.165) is 12.8 Å². The molecule has 3 N–H and O–H groups in total. The molecule has 2 rings (SSSR count). The van der Waals surface area contributed by atoms with Crippen LogP contribution in [0.1, 0.15) is 12.8 Å². The van der Waals surface area contributed by atoms with Gasteiger partial charge in [0.25, 0.3) is 5.91 Å². The number of amides is 1. The van der Waals surface area contributed by atoms with Crippen LogP contribution in [-0.2, 0) is 14.8 Å². The molecular weight excluding hydrogens is 327 g/mol. The van der Waals surface area contributed by atoms with Crippen LogP contribution in [-0.4, -0.2) is 25.6 Å². The Labute approximate surface area is 126 Å². The van der Waals surface area contributed by atoms with Crippen LogP contribution in [0.15, 0.2) is 23.1 Å². The molecule has 0 radical (unpaired) electrons. The first-order valence-electron chi connectivity index (χ1n) is 5.76. The van der Waals surface area contributed by atoms with Gasteiger partial charge in [-0.05, 0) is 37.0 Å². The quantitative estimate of drug-likeness (QED) is 0.560. The number of hydrogen-bond donors (Lipinski definition) is 3. The molecule has 6 nitrogen and oxygen atoms in total. The molecule has 0 aromatic heterocycles. The van der Waals surface area contributed by atoms with Gasteiger partial charge in [-0.15, -0.1) is 0 Å². The van der Waals surface area contributed by atoms with E-state index in [9.17, 15) is 13.2 Å². The number of rotatable bonds is 5. The summed E-state index contributed by atoms with van der Waals surface area (Å²) in [6.07, 6.45) is 1.44. The molecule has 1 amide bonds. The summed E-state index contributed by atoms with van der Waals surface area (Å²) in [6, 6.07) is 2.86. The van der Waals surface area contributed by atoms with Crippen molar-refractivity contribution >= 4 is 39.1 Å². The topological polar surface area (TPSA) is 95.5 Å². The van der Waals surface area contributed by atoms with Crippen molar-refractivity contribution < 1.29 is 18.4 Å². The first-order valence-corrected chi connectivity index (χ1v) is 8.00. The van der Waals surface area contributed by atoms with Gasteiger partial charge in [-0.25, -0.2) is 13.9 Å². The van der Waals surface area contributed by atoms with Crippen LogP contribution in [0.2, 0.25) is 10.0 Å². The number of hydroxylamine groups is 1. The lowest BCUT2D eigenvalue weighted by Crippen LogP contribution is -2.47. The molecular formula is C11H12Cl2N2O4S. The molecule has 20 heavy (non-hydrogen) atoms. The Morgan fingerprint density at radius 1 is 1.25 bits per heavy atom. The third kappa shape index (κ3) is 3.62. The number of carbonyl (C=O) groups is 1. The first-order chi connectivity index (χ1) is 9.33. The number of halogens is 2. The van der Waals surface area contributed by atoms with Crippen LogP contribution >= 0.6 is 23.2 Å². The highest BCUT2D eigenvalue weighted by atomic mass is 35.5. The highest BCUT2D eigenvalue weighted by Gasteiger charge is 2.39. The average molecular weight is 339 g/mol. The molecule has 1 aromatic carbocycles. The predicted molar refractivity (Wildman–Crippen MR) is 73.2 cm³/mol. The zero-order valence-corrected chi connectivity index (χ0v) is 12.5. The molecule has 1 fully saturated rings. The summed E-state index contributed by atoms with van der Waals surface area (Å²) >= 11 is 11.5. The van der Waals surface area contributed by atoms with E-state index in [1.54, 1.807) is 0 Å². The molecule has 9 heteroatoms. The highest BCUT2D eigenvalue weighted by molar-refractivity contribution is 7.89. The smallest absolute Gasteiger partial charge is 0.261 e. The van der Waals surface area contributed by atoms with Crippen LogP contribution in [0.3, 0.4) is 0 Å². The van der Waals surface area contributed by atoms with Gasteiger partial charge in [-0.2, -0.15) is 4.72 Å². The maximum absolute atomic E-state index is 12.2. The number of sulfonamides is 1. The van der Waals surface area contributed by atoms with Crippen LogP contribution in [0.5, 0.6) is 0 Å². The molecule has 0 bridgehead atoms. The predicted octanol–water partition coefficient (Wildman–Crippen LogP) is 1.56. The Hall–Kier alpha value is -0.860. The maximum atomic E-state index is 12.2. The molecule has 1 atom stereocenters. The fourth-order valence-electron chi connectivity index (χ4n) is 1.78. The fraction of sp³-hybridized carbons (Fsp3) is 0.364. The third-order valence-electron chi connectivity index (χ3n) is 2.91. The lowest BCUT2D eigenvalue weighted by molar-refractivity contribution is -0.131. The van der Waals surface area contributed by atoms with E-state index >= 15 is 0 Å². The van der Waals surface area contributed by atoms with Crippen molar-refractivity contribution in [3.63, 3.8) is 0 Å². The molecule has 1 aliphatic rings. The minimum absolute atomic E-state index is 0.119. The van der Waals surface area contributed by atoms with Crippen LogP contribution in [0, 0.1) is 5.92 Å². The van der Waals surface area contributed by atoms with Gasteiger partial charge in [0.05, 0.1) is 4.90 Å².